The Balaban J connectivity index is 2.29. The molecule has 0 fully saturated rings. The Morgan fingerprint density at radius 3 is 2.46 bits per heavy atom. The molecule has 7 nitrogen and oxygen atoms in total. The number of pyridine rings is 1. The SMILES string of the molecule is CCn1nc(C)c(-c2cc(-c3cc(C#N)n(C)c3)c(C#N)c(N)n2)c1C. The molecule has 0 saturated heterocycles. The lowest BCUT2D eigenvalue weighted by Gasteiger charge is -2.09. The summed E-state index contributed by atoms with van der Waals surface area (Å²) in [5.74, 6) is 0.172. The van der Waals surface area contributed by atoms with E-state index < -0.39 is 0 Å². The molecule has 0 atom stereocenters. The summed E-state index contributed by atoms with van der Waals surface area (Å²) in [7, 11) is 1.79. The van der Waals surface area contributed by atoms with Crippen LogP contribution >= 0.6 is 0 Å². The predicted molar refractivity (Wildman–Crippen MR) is 98.9 cm³/mol. The molecule has 7 heteroatoms. The van der Waals surface area contributed by atoms with E-state index in [0.29, 0.717) is 22.5 Å². The summed E-state index contributed by atoms with van der Waals surface area (Å²) in [5.41, 5.74) is 11.8. The number of nitrogens with two attached hydrogens (primary N) is 1. The molecule has 3 aromatic rings. The van der Waals surface area contributed by atoms with Crippen molar-refractivity contribution in [1.29, 1.82) is 10.5 Å². The minimum atomic E-state index is 0.172. The van der Waals surface area contributed by atoms with Gasteiger partial charge in [0.1, 0.15) is 29.2 Å². The van der Waals surface area contributed by atoms with Crippen molar-refractivity contribution >= 4 is 5.82 Å². The minimum absolute atomic E-state index is 0.172. The number of hydrogen-bond acceptors (Lipinski definition) is 5. The van der Waals surface area contributed by atoms with Crippen molar-refractivity contribution in [2.45, 2.75) is 27.3 Å². The molecule has 0 unspecified atom stereocenters. The zero-order valence-electron chi connectivity index (χ0n) is 15.2. The predicted octanol–water partition coefficient (Wildman–Crippen LogP) is 2.91. The van der Waals surface area contributed by atoms with Gasteiger partial charge in [0.2, 0.25) is 0 Å². The molecule has 0 aliphatic heterocycles. The summed E-state index contributed by atoms with van der Waals surface area (Å²) >= 11 is 0. The lowest BCUT2D eigenvalue weighted by atomic mass is 9.99. The standard InChI is InChI=1S/C19H19N7/c1-5-26-12(3)18(11(2)24-26)17-7-15(16(9-21)19(22)23-17)13-6-14(8-20)25(4)10-13/h6-7,10H,5H2,1-4H3,(H2,22,23). The molecule has 130 valence electrons. The van der Waals surface area contributed by atoms with Gasteiger partial charge < -0.3 is 10.3 Å². The first-order valence-corrected chi connectivity index (χ1v) is 8.23. The highest BCUT2D eigenvalue weighted by Gasteiger charge is 2.19. The molecule has 0 amide bonds. The van der Waals surface area contributed by atoms with Gasteiger partial charge >= 0.3 is 0 Å². The molecule has 0 spiro atoms. The van der Waals surface area contributed by atoms with E-state index in [-0.39, 0.29) is 5.82 Å². The van der Waals surface area contributed by atoms with E-state index in [9.17, 15) is 10.5 Å². The molecule has 3 rings (SSSR count). The van der Waals surface area contributed by atoms with Gasteiger partial charge in [0.25, 0.3) is 0 Å². The third-order valence-electron chi connectivity index (χ3n) is 4.53. The lowest BCUT2D eigenvalue weighted by Crippen LogP contribution is -2.01. The zero-order valence-corrected chi connectivity index (χ0v) is 15.2. The van der Waals surface area contributed by atoms with Gasteiger partial charge in [-0.25, -0.2) is 4.98 Å². The topological polar surface area (TPSA) is 109 Å². The second kappa shape index (κ2) is 6.38. The Morgan fingerprint density at radius 2 is 1.92 bits per heavy atom. The number of aryl methyl sites for hydroxylation is 3. The van der Waals surface area contributed by atoms with Crippen molar-refractivity contribution in [3.63, 3.8) is 0 Å². The van der Waals surface area contributed by atoms with Crippen LogP contribution in [0.5, 0.6) is 0 Å². The van der Waals surface area contributed by atoms with E-state index in [1.54, 1.807) is 17.7 Å². The van der Waals surface area contributed by atoms with E-state index in [1.807, 2.05) is 37.7 Å². The summed E-state index contributed by atoms with van der Waals surface area (Å²) in [5, 5.41) is 23.3. The van der Waals surface area contributed by atoms with Gasteiger partial charge in [0.15, 0.2) is 0 Å². The van der Waals surface area contributed by atoms with E-state index in [4.69, 9.17) is 5.73 Å². The molecule has 3 aromatic heterocycles. The molecule has 2 N–H and O–H groups in total. The Hall–Kier alpha value is -3.58. The normalized spacial score (nSPS) is 10.5. The van der Waals surface area contributed by atoms with Gasteiger partial charge in [-0.2, -0.15) is 15.6 Å². The van der Waals surface area contributed by atoms with Crippen molar-refractivity contribution in [1.82, 2.24) is 19.3 Å². The second-order valence-electron chi connectivity index (χ2n) is 6.13. The van der Waals surface area contributed by atoms with Gasteiger partial charge in [0.05, 0.1) is 11.4 Å². The maximum atomic E-state index is 9.55. The third kappa shape index (κ3) is 2.60. The maximum Gasteiger partial charge on any atom is 0.142 e. The van der Waals surface area contributed by atoms with Crippen molar-refractivity contribution in [2.75, 3.05) is 5.73 Å². The van der Waals surface area contributed by atoms with Crippen LogP contribution in [-0.2, 0) is 13.6 Å². The Kier molecular flexibility index (Phi) is 4.23. The van der Waals surface area contributed by atoms with Gasteiger partial charge in [0, 0.05) is 42.2 Å². The average Bonchev–Trinajstić information content (AvgIpc) is 3.13. The van der Waals surface area contributed by atoms with Crippen LogP contribution in [-0.4, -0.2) is 19.3 Å². The summed E-state index contributed by atoms with van der Waals surface area (Å²) in [4.78, 5) is 4.45. The first-order valence-electron chi connectivity index (χ1n) is 8.23. The number of rotatable bonds is 3. The molecule has 0 aliphatic carbocycles. The van der Waals surface area contributed by atoms with E-state index in [2.05, 4.69) is 22.2 Å². The molecule has 3 heterocycles. The van der Waals surface area contributed by atoms with Gasteiger partial charge in [-0.1, -0.05) is 0 Å². The number of nitrogens with zero attached hydrogens (tertiary/aromatic N) is 6. The first-order chi connectivity index (χ1) is 12.4. The van der Waals surface area contributed by atoms with Crippen LogP contribution in [0.15, 0.2) is 18.3 Å². The van der Waals surface area contributed by atoms with Crippen LogP contribution in [0.25, 0.3) is 22.4 Å². The molecule has 26 heavy (non-hydrogen) atoms. The van der Waals surface area contributed by atoms with Gasteiger partial charge in [-0.05, 0) is 32.9 Å². The first kappa shape index (κ1) is 17.2. The van der Waals surface area contributed by atoms with E-state index in [0.717, 1.165) is 29.1 Å². The number of nitriles is 2. The molecule has 0 radical (unpaired) electrons. The number of nitrogen functional groups attached to an aromatic ring is 1. The zero-order chi connectivity index (χ0) is 19.0. The Bertz CT molecular complexity index is 1090. The fourth-order valence-electron chi connectivity index (χ4n) is 3.24. The quantitative estimate of drug-likeness (QED) is 0.785. The van der Waals surface area contributed by atoms with E-state index >= 15 is 0 Å². The maximum absolute atomic E-state index is 9.55. The number of aromatic nitrogens is 4. The summed E-state index contributed by atoms with van der Waals surface area (Å²) in [6.07, 6.45) is 1.81. The lowest BCUT2D eigenvalue weighted by molar-refractivity contribution is 0.634. The number of hydrogen-bond donors (Lipinski definition) is 1. The van der Waals surface area contributed by atoms with Crippen LogP contribution in [0.3, 0.4) is 0 Å². The van der Waals surface area contributed by atoms with Gasteiger partial charge in [-0.3, -0.25) is 4.68 Å². The number of anilines is 1. The fraction of sp³-hybridized carbons (Fsp3) is 0.263. The monoisotopic (exact) mass is 345 g/mol. The van der Waals surface area contributed by atoms with Crippen molar-refractivity contribution < 1.29 is 0 Å². The summed E-state index contributed by atoms with van der Waals surface area (Å²) in [6, 6.07) is 7.86. The summed E-state index contributed by atoms with van der Waals surface area (Å²) < 4.78 is 3.63. The molecule has 0 bridgehead atoms. The van der Waals surface area contributed by atoms with Crippen molar-refractivity contribution in [3.8, 4) is 34.5 Å². The molecule has 0 aromatic carbocycles. The highest BCUT2D eigenvalue weighted by molar-refractivity contribution is 5.81. The molecular formula is C19H19N7. The van der Waals surface area contributed by atoms with Crippen LogP contribution < -0.4 is 5.73 Å². The minimum Gasteiger partial charge on any atom is -0.383 e. The molecular weight excluding hydrogens is 326 g/mol. The van der Waals surface area contributed by atoms with Crippen LogP contribution in [0.4, 0.5) is 5.82 Å². The summed E-state index contributed by atoms with van der Waals surface area (Å²) in [6.45, 7) is 6.71. The third-order valence-corrected chi connectivity index (χ3v) is 4.53. The average molecular weight is 345 g/mol. The van der Waals surface area contributed by atoms with Crippen LogP contribution in [0.2, 0.25) is 0 Å². The Morgan fingerprint density at radius 1 is 1.19 bits per heavy atom. The largest absolute Gasteiger partial charge is 0.383 e. The highest BCUT2D eigenvalue weighted by atomic mass is 15.3. The van der Waals surface area contributed by atoms with E-state index in [1.165, 1.54) is 0 Å². The molecule has 0 aliphatic rings. The fourth-order valence-corrected chi connectivity index (χ4v) is 3.24. The Labute approximate surface area is 151 Å². The van der Waals surface area contributed by atoms with Crippen LogP contribution in [0.1, 0.15) is 29.6 Å². The van der Waals surface area contributed by atoms with Crippen LogP contribution in [0, 0.1) is 36.5 Å². The second-order valence-corrected chi connectivity index (χ2v) is 6.13. The smallest absolute Gasteiger partial charge is 0.142 e. The van der Waals surface area contributed by atoms with Gasteiger partial charge in [-0.15, -0.1) is 0 Å². The van der Waals surface area contributed by atoms with Crippen molar-refractivity contribution in [3.05, 3.63) is 41.0 Å². The van der Waals surface area contributed by atoms with Crippen molar-refractivity contribution in [2.24, 2.45) is 7.05 Å². The molecule has 0 saturated carbocycles. The highest BCUT2D eigenvalue weighted by Crippen LogP contribution is 2.34.